The number of carbonyl (C=O) groups is 1. The molecule has 7 nitrogen and oxygen atoms in total. The van der Waals surface area contributed by atoms with Gasteiger partial charge < -0.3 is 4.42 Å². The second-order valence-electron chi connectivity index (χ2n) is 5.60. The van der Waals surface area contributed by atoms with Gasteiger partial charge in [0, 0.05) is 22.2 Å². The van der Waals surface area contributed by atoms with Crippen LogP contribution in [-0.4, -0.2) is 17.0 Å². The van der Waals surface area contributed by atoms with E-state index in [-0.39, 0.29) is 18.0 Å². The van der Waals surface area contributed by atoms with Crippen molar-refractivity contribution in [3.8, 4) is 11.3 Å². The van der Waals surface area contributed by atoms with Gasteiger partial charge in [0.05, 0.1) is 17.6 Å². The minimum Gasteiger partial charge on any atom is -0.455 e. The minimum absolute atomic E-state index is 0.0144. The number of nitrogens with one attached hydrogen (secondary N) is 1. The normalized spacial score (nSPS) is 10.9. The quantitative estimate of drug-likeness (QED) is 0.359. The number of halogens is 1. The van der Waals surface area contributed by atoms with Crippen LogP contribution in [0.1, 0.15) is 11.3 Å². The molecule has 1 heterocycles. The van der Waals surface area contributed by atoms with Gasteiger partial charge in [-0.15, -0.1) is 0 Å². The summed E-state index contributed by atoms with van der Waals surface area (Å²) in [5, 5.41) is 14.6. The maximum atomic E-state index is 11.9. The average Bonchev–Trinajstić information content (AvgIpc) is 3.12. The van der Waals surface area contributed by atoms with Crippen molar-refractivity contribution in [2.45, 2.75) is 6.42 Å². The van der Waals surface area contributed by atoms with E-state index in [0.29, 0.717) is 17.1 Å². The van der Waals surface area contributed by atoms with Crippen LogP contribution in [0.5, 0.6) is 0 Å². The molecule has 1 N–H and O–H groups in total. The smallest absolute Gasteiger partial charge is 0.269 e. The fourth-order valence-electron chi connectivity index (χ4n) is 2.32. The molecule has 27 heavy (non-hydrogen) atoms. The Morgan fingerprint density at radius 3 is 2.48 bits per heavy atom. The Kier molecular flexibility index (Phi) is 5.77. The predicted molar refractivity (Wildman–Crippen MR) is 104 cm³/mol. The molecule has 2 aromatic carbocycles. The molecule has 0 saturated heterocycles. The topological polar surface area (TPSA) is 97.7 Å². The number of nitrogens with zero attached hydrogens (tertiary/aromatic N) is 2. The van der Waals surface area contributed by atoms with Crippen molar-refractivity contribution < 1.29 is 14.1 Å². The van der Waals surface area contributed by atoms with E-state index < -0.39 is 4.92 Å². The van der Waals surface area contributed by atoms with Gasteiger partial charge in [0.2, 0.25) is 5.91 Å². The van der Waals surface area contributed by atoms with Crippen molar-refractivity contribution in [1.29, 1.82) is 0 Å². The third-order valence-electron chi connectivity index (χ3n) is 3.65. The van der Waals surface area contributed by atoms with Crippen LogP contribution >= 0.6 is 15.9 Å². The van der Waals surface area contributed by atoms with Gasteiger partial charge in [0.1, 0.15) is 11.5 Å². The first-order valence-electron chi connectivity index (χ1n) is 7.92. The summed E-state index contributed by atoms with van der Waals surface area (Å²) >= 11 is 3.34. The highest BCUT2D eigenvalue weighted by Crippen LogP contribution is 2.24. The van der Waals surface area contributed by atoms with Crippen LogP contribution < -0.4 is 5.43 Å². The van der Waals surface area contributed by atoms with Gasteiger partial charge in [-0.3, -0.25) is 14.9 Å². The molecule has 8 heteroatoms. The summed E-state index contributed by atoms with van der Waals surface area (Å²) in [6.07, 6.45) is 1.62. The highest BCUT2D eigenvalue weighted by atomic mass is 79.9. The van der Waals surface area contributed by atoms with Gasteiger partial charge in [0.25, 0.3) is 5.69 Å². The van der Waals surface area contributed by atoms with Crippen molar-refractivity contribution in [2.24, 2.45) is 5.10 Å². The molecule has 0 aliphatic carbocycles. The van der Waals surface area contributed by atoms with Crippen LogP contribution in [0.3, 0.4) is 0 Å². The summed E-state index contributed by atoms with van der Waals surface area (Å²) < 4.78 is 6.56. The average molecular weight is 428 g/mol. The summed E-state index contributed by atoms with van der Waals surface area (Å²) in [5.41, 5.74) is 4.05. The molecule has 0 aliphatic rings. The summed E-state index contributed by atoms with van der Waals surface area (Å²) in [7, 11) is 0. The highest BCUT2D eigenvalue weighted by molar-refractivity contribution is 9.10. The molecule has 0 atom stereocenters. The maximum absolute atomic E-state index is 11.9. The van der Waals surface area contributed by atoms with Gasteiger partial charge in [-0.05, 0) is 42.0 Å². The molecular formula is C19H14BrN3O4. The van der Waals surface area contributed by atoms with Gasteiger partial charge in [-0.1, -0.05) is 28.1 Å². The van der Waals surface area contributed by atoms with Crippen LogP contribution in [0.4, 0.5) is 5.69 Å². The Morgan fingerprint density at radius 1 is 1.11 bits per heavy atom. The molecule has 1 amide bonds. The monoisotopic (exact) mass is 427 g/mol. The van der Waals surface area contributed by atoms with Crippen molar-refractivity contribution in [1.82, 2.24) is 5.43 Å². The van der Waals surface area contributed by atoms with E-state index in [2.05, 4.69) is 26.5 Å². The number of benzene rings is 2. The number of nitro benzene ring substituents is 1. The van der Waals surface area contributed by atoms with Crippen molar-refractivity contribution in [3.63, 3.8) is 0 Å². The number of furan rings is 1. The van der Waals surface area contributed by atoms with Gasteiger partial charge in [-0.2, -0.15) is 5.10 Å². The molecule has 136 valence electrons. The first kappa shape index (κ1) is 18.5. The minimum atomic E-state index is -0.457. The zero-order chi connectivity index (χ0) is 19.2. The lowest BCUT2D eigenvalue weighted by Crippen LogP contribution is -2.19. The number of hydrogen-bond donors (Lipinski definition) is 1. The van der Waals surface area contributed by atoms with Crippen molar-refractivity contribution in [3.05, 3.63) is 86.6 Å². The van der Waals surface area contributed by atoms with Gasteiger partial charge in [-0.25, -0.2) is 5.43 Å². The van der Waals surface area contributed by atoms with E-state index in [1.165, 1.54) is 18.3 Å². The molecule has 0 aliphatic heterocycles. The fraction of sp³-hybridized carbons (Fsp3) is 0.0526. The SMILES string of the molecule is O=C(Cc1ccc(Br)cc1)N/N=C/c1ccc(-c2ccc([N+](=O)[O-])cc2)o1. The summed E-state index contributed by atoms with van der Waals surface area (Å²) in [6.45, 7) is 0. The maximum Gasteiger partial charge on any atom is 0.269 e. The van der Waals surface area contributed by atoms with Gasteiger partial charge in [0.15, 0.2) is 0 Å². The van der Waals surface area contributed by atoms with E-state index in [1.807, 2.05) is 24.3 Å². The molecule has 0 spiro atoms. The molecule has 0 radical (unpaired) electrons. The standard InChI is InChI=1S/C19H14BrN3O4/c20-15-5-1-13(2-6-15)11-19(24)22-21-12-17-9-10-18(27-17)14-3-7-16(8-4-14)23(25)26/h1-10,12H,11H2,(H,22,24)/b21-12+. The Balaban J connectivity index is 1.57. The van der Waals surface area contributed by atoms with E-state index in [9.17, 15) is 14.9 Å². The molecule has 0 fully saturated rings. The Bertz CT molecular complexity index is 979. The Labute approximate surface area is 163 Å². The third kappa shape index (κ3) is 5.11. The number of hydrazone groups is 1. The molecule has 0 bridgehead atoms. The lowest BCUT2D eigenvalue weighted by molar-refractivity contribution is -0.384. The number of nitro groups is 1. The molecule has 3 rings (SSSR count). The number of non-ortho nitro benzene ring substituents is 1. The highest BCUT2D eigenvalue weighted by Gasteiger charge is 2.08. The molecule has 3 aromatic rings. The lowest BCUT2D eigenvalue weighted by Gasteiger charge is -2.00. The van der Waals surface area contributed by atoms with E-state index in [4.69, 9.17) is 4.42 Å². The second-order valence-corrected chi connectivity index (χ2v) is 6.52. The number of amides is 1. The fourth-order valence-corrected chi connectivity index (χ4v) is 2.58. The Morgan fingerprint density at radius 2 is 1.81 bits per heavy atom. The molecule has 1 aromatic heterocycles. The summed E-state index contributed by atoms with van der Waals surface area (Å²) in [6, 6.07) is 16.9. The third-order valence-corrected chi connectivity index (χ3v) is 4.18. The predicted octanol–water partition coefficient (Wildman–Crippen LogP) is 4.31. The van der Waals surface area contributed by atoms with Gasteiger partial charge >= 0.3 is 0 Å². The molecule has 0 saturated carbocycles. The van der Waals surface area contributed by atoms with Crippen molar-refractivity contribution >= 4 is 33.7 Å². The van der Waals surface area contributed by atoms with E-state index in [1.54, 1.807) is 24.3 Å². The largest absolute Gasteiger partial charge is 0.455 e. The van der Waals surface area contributed by atoms with Crippen LogP contribution in [0.25, 0.3) is 11.3 Å². The number of hydrogen-bond acceptors (Lipinski definition) is 5. The number of rotatable bonds is 6. The first-order chi connectivity index (χ1) is 13.0. The lowest BCUT2D eigenvalue weighted by atomic mass is 10.1. The van der Waals surface area contributed by atoms with Crippen LogP contribution in [0.2, 0.25) is 0 Å². The van der Waals surface area contributed by atoms with E-state index >= 15 is 0 Å². The second kappa shape index (κ2) is 8.41. The van der Waals surface area contributed by atoms with E-state index in [0.717, 1.165) is 10.0 Å². The zero-order valence-corrected chi connectivity index (χ0v) is 15.5. The summed E-state index contributed by atoms with van der Waals surface area (Å²) in [4.78, 5) is 22.1. The number of carbonyl (C=O) groups excluding carboxylic acids is 1. The van der Waals surface area contributed by atoms with Crippen LogP contribution in [0.15, 0.2) is 74.7 Å². The van der Waals surface area contributed by atoms with Crippen molar-refractivity contribution in [2.75, 3.05) is 0 Å². The Hall–Kier alpha value is -3.26. The zero-order valence-electron chi connectivity index (χ0n) is 14.0. The molecular weight excluding hydrogens is 414 g/mol. The van der Waals surface area contributed by atoms with Crippen LogP contribution in [0, 0.1) is 10.1 Å². The molecule has 0 unspecified atom stereocenters. The summed E-state index contributed by atoms with van der Waals surface area (Å²) in [5.74, 6) is 0.760. The van der Waals surface area contributed by atoms with Crippen LogP contribution in [-0.2, 0) is 11.2 Å². The first-order valence-corrected chi connectivity index (χ1v) is 8.71.